The minimum absolute atomic E-state index is 0.227. The molecule has 2 N–H and O–H groups in total. The normalized spacial score (nSPS) is 15.0. The molecule has 0 radical (unpaired) electrons. The summed E-state index contributed by atoms with van der Waals surface area (Å²) in [5.74, 6) is -1.27. The Bertz CT molecular complexity index is 1280. The van der Waals surface area contributed by atoms with Crippen LogP contribution in [0.2, 0.25) is 5.02 Å². The van der Waals surface area contributed by atoms with Gasteiger partial charge < -0.3 is 20.1 Å². The van der Waals surface area contributed by atoms with Crippen LogP contribution in [0.4, 0.5) is 4.39 Å². The highest BCUT2D eigenvalue weighted by Gasteiger charge is 2.29. The van der Waals surface area contributed by atoms with Crippen molar-refractivity contribution in [2.75, 3.05) is 26.2 Å². The number of nitrogens with zero attached hydrogens (tertiary/aromatic N) is 1. The number of aliphatic hydroxyl groups is 1. The summed E-state index contributed by atoms with van der Waals surface area (Å²) in [6.07, 6.45) is 4.12. The van der Waals surface area contributed by atoms with Crippen LogP contribution in [0.1, 0.15) is 61.1 Å². The lowest BCUT2D eigenvalue weighted by Gasteiger charge is -2.28. The van der Waals surface area contributed by atoms with E-state index in [-0.39, 0.29) is 11.4 Å². The Morgan fingerprint density at radius 1 is 1.00 bits per heavy atom. The molecule has 0 aliphatic carbocycles. The van der Waals surface area contributed by atoms with Gasteiger partial charge in [0.1, 0.15) is 17.7 Å². The van der Waals surface area contributed by atoms with Gasteiger partial charge in [-0.1, -0.05) is 73.8 Å². The smallest absolute Gasteiger partial charge is 0.292 e. The summed E-state index contributed by atoms with van der Waals surface area (Å²) in [5.41, 5.74) is 2.36. The van der Waals surface area contributed by atoms with Gasteiger partial charge in [0, 0.05) is 12.1 Å². The van der Waals surface area contributed by atoms with Crippen LogP contribution in [0.15, 0.2) is 66.7 Å². The van der Waals surface area contributed by atoms with Gasteiger partial charge in [0.2, 0.25) is 5.78 Å². The molecule has 1 aliphatic rings. The Kier molecular flexibility index (Phi) is 10.7. The van der Waals surface area contributed by atoms with E-state index in [2.05, 4.69) is 17.1 Å². The Morgan fingerprint density at radius 3 is 2.27 bits per heavy atom. The number of Topliss-reactive ketones (excluding diaryl/α,β-unsaturated/α-hetero) is 1. The Labute approximate surface area is 240 Å². The van der Waals surface area contributed by atoms with Crippen molar-refractivity contribution in [1.29, 1.82) is 0 Å². The fourth-order valence-corrected chi connectivity index (χ4v) is 5.12. The highest BCUT2D eigenvalue weighted by Crippen LogP contribution is 2.30. The number of ketones is 1. The van der Waals surface area contributed by atoms with Crippen molar-refractivity contribution in [1.82, 2.24) is 10.2 Å². The van der Waals surface area contributed by atoms with Crippen molar-refractivity contribution < 1.29 is 23.8 Å². The standard InChI is InChI=1S/C32H36ClFN2O4/c1-2-3-6-19-40-29-16-13-25(20-27(29)33)30(37)28(21-36-17-4-5-18-36)35-32(39)31(38)24-9-7-22(8-10-24)23-11-14-26(34)15-12-23/h7-16,20,28,30,37H,2-6,17-19,21H2,1H3,(H,35,39). The lowest BCUT2D eigenvalue weighted by atomic mass is 10.00. The zero-order chi connectivity index (χ0) is 28.5. The number of halogens is 2. The first-order valence-electron chi connectivity index (χ1n) is 13.9. The summed E-state index contributed by atoms with van der Waals surface area (Å²) in [4.78, 5) is 28.3. The predicted molar refractivity (Wildman–Crippen MR) is 155 cm³/mol. The van der Waals surface area contributed by atoms with Gasteiger partial charge >= 0.3 is 0 Å². The molecule has 6 nitrogen and oxygen atoms in total. The monoisotopic (exact) mass is 566 g/mol. The van der Waals surface area contributed by atoms with Gasteiger partial charge in [-0.3, -0.25) is 9.59 Å². The Morgan fingerprint density at radius 2 is 1.65 bits per heavy atom. The maximum absolute atomic E-state index is 13.2. The highest BCUT2D eigenvalue weighted by atomic mass is 35.5. The minimum Gasteiger partial charge on any atom is -0.492 e. The average Bonchev–Trinajstić information content (AvgIpc) is 3.48. The van der Waals surface area contributed by atoms with E-state index in [1.165, 1.54) is 12.1 Å². The van der Waals surface area contributed by atoms with Crippen LogP contribution in [0.5, 0.6) is 5.75 Å². The molecule has 1 amide bonds. The number of ether oxygens (including phenoxy) is 1. The summed E-state index contributed by atoms with van der Waals surface area (Å²) in [6.45, 7) is 4.82. The van der Waals surface area contributed by atoms with E-state index in [4.69, 9.17) is 16.3 Å². The van der Waals surface area contributed by atoms with Crippen LogP contribution in [-0.2, 0) is 4.79 Å². The lowest BCUT2D eigenvalue weighted by molar-refractivity contribution is -0.118. The van der Waals surface area contributed by atoms with Crippen molar-refractivity contribution in [2.45, 2.75) is 51.2 Å². The molecule has 40 heavy (non-hydrogen) atoms. The van der Waals surface area contributed by atoms with Crippen LogP contribution >= 0.6 is 11.6 Å². The van der Waals surface area contributed by atoms with Gasteiger partial charge in [-0.25, -0.2) is 4.39 Å². The van der Waals surface area contributed by atoms with Crippen LogP contribution < -0.4 is 10.1 Å². The molecule has 212 valence electrons. The number of unbranched alkanes of at least 4 members (excludes halogenated alkanes) is 2. The number of likely N-dealkylation sites (tertiary alicyclic amines) is 1. The number of aliphatic hydroxyl groups excluding tert-OH is 1. The molecular weight excluding hydrogens is 531 g/mol. The third kappa shape index (κ3) is 7.90. The first-order valence-corrected chi connectivity index (χ1v) is 14.3. The molecule has 0 saturated carbocycles. The third-order valence-corrected chi connectivity index (χ3v) is 7.48. The molecule has 2 unspecified atom stereocenters. The summed E-state index contributed by atoms with van der Waals surface area (Å²) in [7, 11) is 0. The lowest BCUT2D eigenvalue weighted by Crippen LogP contribution is -2.48. The first kappa shape index (κ1) is 29.7. The van der Waals surface area contributed by atoms with Crippen molar-refractivity contribution >= 4 is 23.3 Å². The van der Waals surface area contributed by atoms with Crippen LogP contribution in [0, 0.1) is 5.82 Å². The second kappa shape index (κ2) is 14.4. The van der Waals surface area contributed by atoms with E-state index < -0.39 is 23.8 Å². The maximum Gasteiger partial charge on any atom is 0.292 e. The molecule has 1 aliphatic heterocycles. The summed E-state index contributed by atoms with van der Waals surface area (Å²) < 4.78 is 19.0. The largest absolute Gasteiger partial charge is 0.492 e. The van der Waals surface area contributed by atoms with Gasteiger partial charge in [0.15, 0.2) is 0 Å². The summed E-state index contributed by atoms with van der Waals surface area (Å²) in [6, 6.07) is 17.0. The molecular formula is C32H36ClFN2O4. The molecule has 1 heterocycles. The SMILES string of the molecule is CCCCCOc1ccc(C(O)C(CN2CCCC2)NC(=O)C(=O)c2ccc(-c3ccc(F)cc3)cc2)cc1Cl. The Hall–Kier alpha value is -3.26. The molecule has 2 atom stereocenters. The van der Waals surface area contributed by atoms with Gasteiger partial charge in [0.25, 0.3) is 5.91 Å². The van der Waals surface area contributed by atoms with Crippen LogP contribution in [0.25, 0.3) is 11.1 Å². The zero-order valence-electron chi connectivity index (χ0n) is 22.7. The van der Waals surface area contributed by atoms with Gasteiger partial charge in [-0.05, 0) is 73.3 Å². The van der Waals surface area contributed by atoms with E-state index in [0.29, 0.717) is 29.5 Å². The van der Waals surface area contributed by atoms with Crippen molar-refractivity contribution in [2.24, 2.45) is 0 Å². The minimum atomic E-state index is -1.08. The molecule has 3 aromatic rings. The zero-order valence-corrected chi connectivity index (χ0v) is 23.5. The topological polar surface area (TPSA) is 78.9 Å². The molecule has 4 rings (SSSR count). The number of carbonyl (C=O) groups is 2. The van der Waals surface area contributed by atoms with Gasteiger partial charge in [0.05, 0.1) is 17.7 Å². The van der Waals surface area contributed by atoms with Crippen LogP contribution in [0.3, 0.4) is 0 Å². The average molecular weight is 567 g/mol. The molecule has 0 spiro atoms. The number of benzene rings is 3. The van der Waals surface area contributed by atoms with Crippen molar-refractivity contribution in [3.05, 3.63) is 88.7 Å². The Balaban J connectivity index is 1.45. The second-order valence-corrected chi connectivity index (χ2v) is 10.6. The van der Waals surface area contributed by atoms with Gasteiger partial charge in [-0.15, -0.1) is 0 Å². The van der Waals surface area contributed by atoms with E-state index in [1.54, 1.807) is 54.6 Å². The first-order chi connectivity index (χ1) is 19.4. The number of nitrogens with one attached hydrogen (secondary N) is 1. The summed E-state index contributed by atoms with van der Waals surface area (Å²) in [5, 5.41) is 14.5. The molecule has 1 fully saturated rings. The number of hydrogen-bond acceptors (Lipinski definition) is 5. The van der Waals surface area contributed by atoms with Crippen molar-refractivity contribution in [3.8, 4) is 16.9 Å². The third-order valence-electron chi connectivity index (χ3n) is 7.18. The molecule has 0 aromatic heterocycles. The van der Waals surface area contributed by atoms with E-state index in [1.807, 2.05) is 0 Å². The fraction of sp³-hybridized carbons (Fsp3) is 0.375. The summed E-state index contributed by atoms with van der Waals surface area (Å²) >= 11 is 6.46. The predicted octanol–water partition coefficient (Wildman–Crippen LogP) is 6.21. The molecule has 0 bridgehead atoms. The number of carbonyl (C=O) groups excluding carboxylic acids is 2. The van der Waals surface area contributed by atoms with E-state index >= 15 is 0 Å². The quantitative estimate of drug-likeness (QED) is 0.146. The highest BCUT2D eigenvalue weighted by molar-refractivity contribution is 6.42. The van der Waals surface area contributed by atoms with Crippen LogP contribution in [-0.4, -0.2) is 54.0 Å². The molecule has 1 saturated heterocycles. The molecule has 8 heteroatoms. The molecule has 3 aromatic carbocycles. The second-order valence-electron chi connectivity index (χ2n) is 10.2. The van der Waals surface area contributed by atoms with Crippen molar-refractivity contribution in [3.63, 3.8) is 0 Å². The number of rotatable bonds is 13. The van der Waals surface area contributed by atoms with E-state index in [9.17, 15) is 19.1 Å². The van der Waals surface area contributed by atoms with Gasteiger partial charge in [-0.2, -0.15) is 0 Å². The number of hydrogen-bond donors (Lipinski definition) is 2. The maximum atomic E-state index is 13.2. The number of amides is 1. The fourth-order valence-electron chi connectivity index (χ4n) is 4.87. The van der Waals surface area contributed by atoms with E-state index in [0.717, 1.165) is 56.3 Å².